The molecule has 0 aliphatic carbocycles. The van der Waals surface area contributed by atoms with Gasteiger partial charge in [-0.2, -0.15) is 0 Å². The molecule has 0 radical (unpaired) electrons. The van der Waals surface area contributed by atoms with Crippen molar-refractivity contribution in [1.29, 1.82) is 0 Å². The van der Waals surface area contributed by atoms with E-state index in [0.29, 0.717) is 65.0 Å². The van der Waals surface area contributed by atoms with Crippen molar-refractivity contribution in [3.8, 4) is 11.6 Å². The second-order valence-electron chi connectivity index (χ2n) is 8.02. The summed E-state index contributed by atoms with van der Waals surface area (Å²) in [6.45, 7) is 2.30. The maximum absolute atomic E-state index is 12.9. The third-order valence-corrected chi connectivity index (χ3v) is 6.45. The Kier molecular flexibility index (Phi) is 5.12. The molecule has 2 aromatic carbocycles. The number of hydrogen-bond donors (Lipinski definition) is 0. The van der Waals surface area contributed by atoms with Crippen LogP contribution < -0.4 is 4.90 Å². The zero-order valence-electron chi connectivity index (χ0n) is 17.9. The number of furan rings is 1. The fourth-order valence-electron chi connectivity index (χ4n) is 4.25. The molecular weight excluding hydrogens is 475 g/mol. The van der Waals surface area contributed by atoms with Crippen molar-refractivity contribution in [2.24, 2.45) is 0 Å². The molecule has 10 heteroatoms. The summed E-state index contributed by atoms with van der Waals surface area (Å²) in [4.78, 5) is 21.9. The van der Waals surface area contributed by atoms with Crippen molar-refractivity contribution in [1.82, 2.24) is 24.5 Å². The summed E-state index contributed by atoms with van der Waals surface area (Å²) >= 11 is 12.2. The molecule has 1 aliphatic heterocycles. The van der Waals surface area contributed by atoms with Gasteiger partial charge in [-0.05, 0) is 54.6 Å². The number of halogens is 2. The molecule has 5 aromatic rings. The van der Waals surface area contributed by atoms with Crippen LogP contribution in [-0.2, 0) is 0 Å². The molecule has 34 heavy (non-hydrogen) atoms. The van der Waals surface area contributed by atoms with Gasteiger partial charge in [0.25, 0.3) is 5.91 Å². The van der Waals surface area contributed by atoms with Crippen LogP contribution in [0.1, 0.15) is 10.4 Å². The largest absolute Gasteiger partial charge is 0.461 e. The first-order chi connectivity index (χ1) is 16.6. The number of nitrogens with zero attached hydrogens (tertiary/aromatic N) is 6. The Morgan fingerprint density at radius 2 is 1.68 bits per heavy atom. The Labute approximate surface area is 204 Å². The van der Waals surface area contributed by atoms with Crippen LogP contribution in [0.3, 0.4) is 0 Å². The number of rotatable bonds is 3. The normalized spacial score (nSPS) is 14.3. The van der Waals surface area contributed by atoms with E-state index in [1.165, 1.54) is 0 Å². The quantitative estimate of drug-likeness (QED) is 0.359. The van der Waals surface area contributed by atoms with Gasteiger partial charge in [0.1, 0.15) is 0 Å². The van der Waals surface area contributed by atoms with E-state index in [0.717, 1.165) is 10.9 Å². The lowest BCUT2D eigenvalue weighted by Crippen LogP contribution is -2.49. The summed E-state index contributed by atoms with van der Waals surface area (Å²) in [6.07, 6.45) is 1.60. The molecule has 8 nitrogen and oxygen atoms in total. The fourth-order valence-corrected chi connectivity index (χ4v) is 4.55. The highest BCUT2D eigenvalue weighted by atomic mass is 35.5. The standard InChI is InChI=1S/C24H18Cl2N6O2/c25-16-5-3-15(4-6-16)23(33)30-9-11-31(12-10-30)24-27-19-14-17(26)7-8-18(19)21-28-29-22(32(21)24)20-2-1-13-34-20/h1-8,13-14H,9-12H2. The summed E-state index contributed by atoms with van der Waals surface area (Å²) in [5.74, 6) is 1.83. The molecule has 170 valence electrons. The Hall–Kier alpha value is -3.62. The van der Waals surface area contributed by atoms with Crippen molar-refractivity contribution in [3.63, 3.8) is 0 Å². The molecule has 0 unspecified atom stereocenters. The van der Waals surface area contributed by atoms with Gasteiger partial charge in [0.15, 0.2) is 11.4 Å². The van der Waals surface area contributed by atoms with Crippen LogP contribution in [0.15, 0.2) is 65.3 Å². The van der Waals surface area contributed by atoms with Crippen LogP contribution in [0.4, 0.5) is 5.95 Å². The Bertz CT molecular complexity index is 1510. The lowest BCUT2D eigenvalue weighted by molar-refractivity contribution is 0.0746. The minimum atomic E-state index is -0.0136. The Balaban J connectivity index is 1.37. The van der Waals surface area contributed by atoms with Crippen molar-refractivity contribution < 1.29 is 9.21 Å². The van der Waals surface area contributed by atoms with Gasteiger partial charge >= 0.3 is 0 Å². The fraction of sp³-hybridized carbons (Fsp3) is 0.167. The molecule has 1 amide bonds. The van der Waals surface area contributed by atoms with E-state index >= 15 is 0 Å². The van der Waals surface area contributed by atoms with Gasteiger partial charge in [0.05, 0.1) is 11.8 Å². The Morgan fingerprint density at radius 3 is 2.41 bits per heavy atom. The van der Waals surface area contributed by atoms with Crippen LogP contribution in [0, 0.1) is 0 Å². The predicted octanol–water partition coefficient (Wildman–Crippen LogP) is 4.81. The average molecular weight is 493 g/mol. The summed E-state index contributed by atoms with van der Waals surface area (Å²) < 4.78 is 7.52. The zero-order valence-corrected chi connectivity index (χ0v) is 19.4. The number of benzene rings is 2. The molecule has 0 N–H and O–H groups in total. The number of carbonyl (C=O) groups is 1. The second-order valence-corrected chi connectivity index (χ2v) is 8.89. The molecular formula is C24H18Cl2N6O2. The van der Waals surface area contributed by atoms with Gasteiger partial charge in [-0.25, -0.2) is 9.38 Å². The SMILES string of the molecule is O=C(c1ccc(Cl)cc1)N1CCN(c2nc3cc(Cl)ccc3c3nnc(-c4ccco4)n23)CC1. The number of anilines is 1. The summed E-state index contributed by atoms with van der Waals surface area (Å²) in [5, 5.41) is 10.9. The summed E-state index contributed by atoms with van der Waals surface area (Å²) in [5.41, 5.74) is 2.02. The minimum absolute atomic E-state index is 0.0136. The van der Waals surface area contributed by atoms with Crippen LogP contribution >= 0.6 is 23.2 Å². The zero-order chi connectivity index (χ0) is 23.2. The number of aromatic nitrogens is 4. The number of hydrogen-bond acceptors (Lipinski definition) is 6. The van der Waals surface area contributed by atoms with Crippen molar-refractivity contribution in [2.75, 3.05) is 31.1 Å². The molecule has 6 rings (SSSR count). The van der Waals surface area contributed by atoms with Crippen LogP contribution in [0.5, 0.6) is 0 Å². The number of carbonyl (C=O) groups excluding carboxylic acids is 1. The number of fused-ring (bicyclic) bond motifs is 3. The second kappa shape index (κ2) is 8.30. The van der Waals surface area contributed by atoms with E-state index in [9.17, 15) is 4.79 Å². The van der Waals surface area contributed by atoms with E-state index < -0.39 is 0 Å². The van der Waals surface area contributed by atoms with E-state index in [4.69, 9.17) is 32.6 Å². The minimum Gasteiger partial charge on any atom is -0.461 e. The summed E-state index contributed by atoms with van der Waals surface area (Å²) in [7, 11) is 0. The van der Waals surface area contributed by atoms with Gasteiger partial charge in [0, 0.05) is 47.2 Å². The molecule has 0 atom stereocenters. The molecule has 4 heterocycles. The van der Waals surface area contributed by atoms with E-state index in [1.54, 1.807) is 30.5 Å². The van der Waals surface area contributed by atoms with Crippen molar-refractivity contribution >= 4 is 51.6 Å². The first-order valence-corrected chi connectivity index (χ1v) is 11.5. The molecule has 0 saturated carbocycles. The highest BCUT2D eigenvalue weighted by molar-refractivity contribution is 6.31. The first kappa shape index (κ1) is 20.9. The van der Waals surface area contributed by atoms with Crippen molar-refractivity contribution in [3.05, 3.63) is 76.5 Å². The smallest absolute Gasteiger partial charge is 0.253 e. The van der Waals surface area contributed by atoms with Gasteiger partial charge in [-0.3, -0.25) is 4.79 Å². The topological polar surface area (TPSA) is 79.8 Å². The van der Waals surface area contributed by atoms with Gasteiger partial charge in [-0.1, -0.05) is 23.2 Å². The molecule has 3 aromatic heterocycles. The molecule has 1 fully saturated rings. The molecule has 0 bridgehead atoms. The highest BCUT2D eigenvalue weighted by Crippen LogP contribution is 2.30. The van der Waals surface area contributed by atoms with E-state index in [-0.39, 0.29) is 5.91 Å². The maximum Gasteiger partial charge on any atom is 0.253 e. The van der Waals surface area contributed by atoms with Gasteiger partial charge in [0.2, 0.25) is 11.8 Å². The predicted molar refractivity (Wildman–Crippen MR) is 131 cm³/mol. The van der Waals surface area contributed by atoms with E-state index in [2.05, 4.69) is 15.1 Å². The van der Waals surface area contributed by atoms with Gasteiger partial charge < -0.3 is 14.2 Å². The first-order valence-electron chi connectivity index (χ1n) is 10.8. The molecule has 1 saturated heterocycles. The van der Waals surface area contributed by atoms with Gasteiger partial charge in [-0.15, -0.1) is 10.2 Å². The average Bonchev–Trinajstić information content (AvgIpc) is 3.54. The highest BCUT2D eigenvalue weighted by Gasteiger charge is 2.27. The number of amides is 1. The molecule has 0 spiro atoms. The van der Waals surface area contributed by atoms with Crippen LogP contribution in [0.25, 0.3) is 28.1 Å². The third kappa shape index (κ3) is 3.55. The molecule has 1 aliphatic rings. The maximum atomic E-state index is 12.9. The lowest BCUT2D eigenvalue weighted by atomic mass is 10.2. The van der Waals surface area contributed by atoms with E-state index in [1.807, 2.05) is 39.6 Å². The Morgan fingerprint density at radius 1 is 0.912 bits per heavy atom. The lowest BCUT2D eigenvalue weighted by Gasteiger charge is -2.35. The summed E-state index contributed by atoms with van der Waals surface area (Å²) in [6, 6.07) is 16.1. The van der Waals surface area contributed by atoms with Crippen molar-refractivity contribution in [2.45, 2.75) is 0 Å². The number of piperazine rings is 1. The van der Waals surface area contributed by atoms with Crippen LogP contribution in [0.2, 0.25) is 10.0 Å². The van der Waals surface area contributed by atoms with Crippen LogP contribution in [-0.4, -0.2) is 56.6 Å². The monoisotopic (exact) mass is 492 g/mol. The third-order valence-electron chi connectivity index (χ3n) is 5.97.